The molecule has 0 spiro atoms. The Morgan fingerprint density at radius 2 is 0.871 bits per heavy atom. The van der Waals surface area contributed by atoms with Crippen molar-refractivity contribution in [3.8, 4) is 5.75 Å². The number of esters is 4. The molecule has 1 heterocycles. The van der Waals surface area contributed by atoms with Gasteiger partial charge in [0.2, 0.25) is 0 Å². The van der Waals surface area contributed by atoms with Gasteiger partial charge in [-0.1, -0.05) is 12.1 Å². The molecule has 62 heavy (non-hydrogen) atoms. The van der Waals surface area contributed by atoms with Crippen molar-refractivity contribution in [3.63, 3.8) is 0 Å². The van der Waals surface area contributed by atoms with Crippen LogP contribution in [0.2, 0.25) is 0 Å². The number of ether oxygens (including phenoxy) is 8. The lowest BCUT2D eigenvalue weighted by atomic mass is 10.0. The number of carbonyl (C=O) groups excluding carboxylic acids is 4. The summed E-state index contributed by atoms with van der Waals surface area (Å²) in [5.41, 5.74) is -1.76. The smallest absolute Gasteiger partial charge is 0.320 e. The van der Waals surface area contributed by atoms with Crippen LogP contribution < -0.4 is 4.74 Å². The molecule has 0 saturated carbocycles. The second-order valence-corrected chi connectivity index (χ2v) is 19.7. The number of hydrogen-bond acceptors (Lipinski definition) is 16. The Hall–Kier alpha value is -3.38. The van der Waals surface area contributed by atoms with Crippen LogP contribution in [-0.4, -0.2) is 191 Å². The van der Waals surface area contributed by atoms with Gasteiger partial charge in [-0.25, -0.2) is 0 Å². The molecule has 0 N–H and O–H groups in total. The number of rotatable bonds is 20. The Morgan fingerprint density at radius 1 is 0.500 bits per heavy atom. The van der Waals surface area contributed by atoms with Gasteiger partial charge < -0.3 is 37.9 Å². The van der Waals surface area contributed by atoms with Crippen molar-refractivity contribution < 1.29 is 57.1 Å². The molecule has 16 heteroatoms. The molecule has 1 saturated heterocycles. The number of methoxy groups -OCH3 is 1. The van der Waals surface area contributed by atoms with Crippen molar-refractivity contribution in [3.05, 3.63) is 29.8 Å². The maximum atomic E-state index is 13.6. The van der Waals surface area contributed by atoms with Crippen LogP contribution >= 0.6 is 0 Å². The van der Waals surface area contributed by atoms with Crippen LogP contribution in [0, 0.1) is 0 Å². The summed E-state index contributed by atoms with van der Waals surface area (Å²) in [4.78, 5) is 61.6. The normalized spacial score (nSPS) is 17.4. The lowest BCUT2D eigenvalue weighted by molar-refractivity contribution is -0.160. The van der Waals surface area contributed by atoms with Crippen LogP contribution in [-0.2, 0) is 58.8 Å². The van der Waals surface area contributed by atoms with E-state index >= 15 is 0 Å². The monoisotopic (exact) mass is 881 g/mol. The van der Waals surface area contributed by atoms with Crippen molar-refractivity contribution in [1.29, 1.82) is 0 Å². The summed E-state index contributed by atoms with van der Waals surface area (Å²) in [6, 6.07) is 7.51. The highest BCUT2D eigenvalue weighted by Gasteiger charge is 2.31. The highest BCUT2D eigenvalue weighted by Crippen LogP contribution is 2.19. The minimum atomic E-state index is -0.707. The zero-order valence-corrected chi connectivity index (χ0v) is 40.3. The Bertz CT molecular complexity index is 1480. The van der Waals surface area contributed by atoms with E-state index in [0.29, 0.717) is 97.6 Å². The van der Waals surface area contributed by atoms with Crippen molar-refractivity contribution in [1.82, 2.24) is 19.6 Å². The van der Waals surface area contributed by atoms with Crippen molar-refractivity contribution in [2.75, 3.05) is 119 Å². The molecule has 1 aliphatic heterocycles. The van der Waals surface area contributed by atoms with Gasteiger partial charge in [-0.15, -0.1) is 0 Å². The molecule has 1 aromatic carbocycles. The van der Waals surface area contributed by atoms with E-state index in [1.165, 1.54) is 0 Å². The van der Waals surface area contributed by atoms with Gasteiger partial charge in [0.15, 0.2) is 0 Å². The zero-order chi connectivity index (χ0) is 46.6. The van der Waals surface area contributed by atoms with E-state index in [2.05, 4.69) is 4.90 Å². The summed E-state index contributed by atoms with van der Waals surface area (Å²) in [6.45, 7) is 27.6. The summed E-state index contributed by atoms with van der Waals surface area (Å²) in [7, 11) is 1.63. The molecule has 0 unspecified atom stereocenters. The van der Waals surface area contributed by atoms with Gasteiger partial charge in [0, 0.05) is 59.0 Å². The van der Waals surface area contributed by atoms with Crippen LogP contribution in [0.3, 0.4) is 0 Å². The van der Waals surface area contributed by atoms with E-state index < -0.39 is 22.4 Å². The van der Waals surface area contributed by atoms with Gasteiger partial charge in [-0.2, -0.15) is 0 Å². The number of hydrogen-bond donors (Lipinski definition) is 0. The van der Waals surface area contributed by atoms with E-state index in [1.54, 1.807) is 7.11 Å². The van der Waals surface area contributed by atoms with Gasteiger partial charge in [0.05, 0.1) is 59.2 Å². The molecule has 2 rings (SSSR count). The molecule has 0 radical (unpaired) electrons. The predicted octanol–water partition coefficient (Wildman–Crippen LogP) is 4.24. The van der Waals surface area contributed by atoms with Crippen LogP contribution in [0.1, 0.15) is 88.6 Å². The third-order valence-electron chi connectivity index (χ3n) is 8.92. The molecular weight excluding hydrogens is 801 g/mol. The molecule has 1 atom stereocenters. The first kappa shape index (κ1) is 54.8. The Kier molecular flexibility index (Phi) is 23.3. The van der Waals surface area contributed by atoms with Gasteiger partial charge >= 0.3 is 23.9 Å². The third kappa shape index (κ3) is 26.9. The summed E-state index contributed by atoms with van der Waals surface area (Å²) in [5, 5.41) is 0. The summed E-state index contributed by atoms with van der Waals surface area (Å²) in [6.07, 6.45) is 0.508. The Labute approximate surface area is 372 Å². The molecular formula is C46H80N4O12. The number of nitrogens with zero attached hydrogens (tertiary/aromatic N) is 4. The number of benzene rings is 1. The molecule has 0 aliphatic carbocycles. The first-order valence-corrected chi connectivity index (χ1v) is 21.9. The Balaban J connectivity index is 2.50. The topological polar surface area (TPSA) is 155 Å². The van der Waals surface area contributed by atoms with E-state index in [0.717, 1.165) is 5.56 Å². The summed E-state index contributed by atoms with van der Waals surface area (Å²) in [5.74, 6) is -0.821. The van der Waals surface area contributed by atoms with Crippen molar-refractivity contribution in [2.45, 2.75) is 118 Å². The molecule has 16 nitrogen and oxygen atoms in total. The van der Waals surface area contributed by atoms with E-state index in [-0.39, 0.29) is 56.1 Å². The van der Waals surface area contributed by atoms with Gasteiger partial charge in [-0.3, -0.25) is 38.8 Å². The van der Waals surface area contributed by atoms with Gasteiger partial charge in [0.1, 0.15) is 34.8 Å². The predicted molar refractivity (Wildman–Crippen MR) is 237 cm³/mol. The second-order valence-electron chi connectivity index (χ2n) is 19.7. The highest BCUT2D eigenvalue weighted by molar-refractivity contribution is 5.73. The fraction of sp³-hybridized carbons (Fsp3) is 0.783. The zero-order valence-electron chi connectivity index (χ0n) is 40.3. The molecule has 0 amide bonds. The summed E-state index contributed by atoms with van der Waals surface area (Å²) >= 11 is 0. The SMILES string of the molecule is COCCOCCOCCOc1ccc(C[C@@H]2CN(CC(=O)OC(C)(C)C)CCN(CC(=O)OC(C)(C)C)CCN(CC(=O)OC(C)(C)C)CCN2CC(=O)OC(C)(C)C)cc1. The maximum absolute atomic E-state index is 13.6. The van der Waals surface area contributed by atoms with Crippen LogP contribution in [0.15, 0.2) is 24.3 Å². The van der Waals surface area contributed by atoms with Crippen molar-refractivity contribution in [2.24, 2.45) is 0 Å². The van der Waals surface area contributed by atoms with Crippen LogP contribution in [0.5, 0.6) is 5.75 Å². The first-order valence-electron chi connectivity index (χ1n) is 21.9. The summed E-state index contributed by atoms with van der Waals surface area (Å²) < 4.78 is 45.1. The quantitative estimate of drug-likeness (QED) is 0.104. The molecule has 0 bridgehead atoms. The first-order chi connectivity index (χ1) is 28.8. The van der Waals surface area contributed by atoms with Gasteiger partial charge in [0.25, 0.3) is 0 Å². The molecule has 356 valence electrons. The Morgan fingerprint density at radius 3 is 1.31 bits per heavy atom. The van der Waals surface area contributed by atoms with Crippen LogP contribution in [0.25, 0.3) is 0 Å². The van der Waals surface area contributed by atoms with E-state index in [9.17, 15) is 19.2 Å². The fourth-order valence-corrected chi connectivity index (χ4v) is 6.49. The molecule has 0 aromatic heterocycles. The molecule has 1 fully saturated rings. The van der Waals surface area contributed by atoms with Crippen LogP contribution in [0.4, 0.5) is 0 Å². The molecule has 1 aliphatic rings. The second kappa shape index (κ2) is 26.4. The van der Waals surface area contributed by atoms with Gasteiger partial charge in [-0.05, 0) is 107 Å². The fourth-order valence-electron chi connectivity index (χ4n) is 6.49. The average Bonchev–Trinajstić information content (AvgIpc) is 3.10. The van der Waals surface area contributed by atoms with E-state index in [1.807, 2.05) is 122 Å². The largest absolute Gasteiger partial charge is 0.491 e. The lowest BCUT2D eigenvalue weighted by Crippen LogP contribution is -2.54. The minimum Gasteiger partial charge on any atom is -0.491 e. The number of carbonyl (C=O) groups is 4. The average molecular weight is 881 g/mol. The van der Waals surface area contributed by atoms with Crippen molar-refractivity contribution >= 4 is 23.9 Å². The van der Waals surface area contributed by atoms with E-state index in [4.69, 9.17) is 37.9 Å². The minimum absolute atomic E-state index is 0.00672. The third-order valence-corrected chi connectivity index (χ3v) is 8.92. The maximum Gasteiger partial charge on any atom is 0.320 e. The molecule has 1 aromatic rings. The lowest BCUT2D eigenvalue weighted by Gasteiger charge is -2.39. The standard InChI is InChI=1S/C46H80N4O12/c1-43(2,3)59-39(51)32-47-18-19-48(33-40(52)60-44(4,5)6)22-23-50(35-42(54)62-46(10,11)12)37(31-49(21-20-47)34-41(53)61-45(7,8)9)30-36-14-16-38(17-15-36)58-29-28-57-27-26-56-25-24-55-13/h14-17,37H,18-35H2,1-13H3/t37-/m1/s1. The highest BCUT2D eigenvalue weighted by atomic mass is 16.6.